The molecule has 1 aliphatic rings. The van der Waals surface area contributed by atoms with Crippen molar-refractivity contribution in [2.24, 2.45) is 0 Å². The lowest BCUT2D eigenvalue weighted by Gasteiger charge is -2.18. The second-order valence-corrected chi connectivity index (χ2v) is 8.60. The third kappa shape index (κ3) is 4.86. The van der Waals surface area contributed by atoms with Crippen molar-refractivity contribution in [3.05, 3.63) is 87.5 Å². The van der Waals surface area contributed by atoms with E-state index in [2.05, 4.69) is 10.6 Å². The van der Waals surface area contributed by atoms with Crippen LogP contribution in [0.4, 0.5) is 17.1 Å². The average Bonchev–Trinajstić information content (AvgIpc) is 3.08. The first-order chi connectivity index (χ1) is 17.2. The predicted molar refractivity (Wildman–Crippen MR) is 139 cm³/mol. The highest BCUT2D eigenvalue weighted by molar-refractivity contribution is 6.53. The normalized spacial score (nSPS) is 13.2. The predicted octanol–water partition coefficient (Wildman–Crippen LogP) is 5.35. The molecule has 0 aliphatic carbocycles. The van der Waals surface area contributed by atoms with Gasteiger partial charge in [-0.15, -0.1) is 0 Å². The second-order valence-electron chi connectivity index (χ2n) is 7.79. The number of nitrogens with zero attached hydrogens (tertiary/aromatic N) is 1. The summed E-state index contributed by atoms with van der Waals surface area (Å²) in [5.41, 5.74) is 2.48. The largest absolute Gasteiger partial charge is 0.497 e. The van der Waals surface area contributed by atoms with Crippen LogP contribution in [0.1, 0.15) is 15.9 Å². The van der Waals surface area contributed by atoms with E-state index in [1.165, 1.54) is 20.3 Å². The number of carbonyl (C=O) groups excluding carboxylic acids is 3. The first kappa shape index (κ1) is 25.1. The highest BCUT2D eigenvalue weighted by atomic mass is 35.5. The smallest absolute Gasteiger partial charge is 0.283 e. The number of methoxy groups -OCH3 is 2. The molecule has 0 radical (unpaired) electrons. The van der Waals surface area contributed by atoms with E-state index in [1.807, 2.05) is 6.92 Å². The van der Waals surface area contributed by atoms with Crippen LogP contribution in [0.25, 0.3) is 0 Å². The molecule has 36 heavy (non-hydrogen) atoms. The minimum Gasteiger partial charge on any atom is -0.497 e. The summed E-state index contributed by atoms with van der Waals surface area (Å²) in [4.78, 5) is 39.5. The third-order valence-corrected chi connectivity index (χ3v) is 6.09. The summed E-state index contributed by atoms with van der Waals surface area (Å²) in [6.45, 7) is 1.84. The van der Waals surface area contributed by atoms with Gasteiger partial charge in [-0.1, -0.05) is 23.2 Å². The fourth-order valence-electron chi connectivity index (χ4n) is 3.61. The summed E-state index contributed by atoms with van der Waals surface area (Å²) in [7, 11) is 2.91. The number of hydrogen-bond acceptors (Lipinski definition) is 6. The SMILES string of the molecule is COc1ccc(N2C(=O)C(Cl)=C(Nc3ccc(C(=O)Nc4ccc(Cl)cc4C)cc3)C2=O)c(OC)c1. The quantitative estimate of drug-likeness (QED) is 0.403. The molecular formula is C26H21Cl2N3O5. The van der Waals surface area contributed by atoms with Gasteiger partial charge in [-0.2, -0.15) is 0 Å². The number of anilines is 3. The summed E-state index contributed by atoms with van der Waals surface area (Å²) in [5, 5.41) is 6.04. The van der Waals surface area contributed by atoms with E-state index in [4.69, 9.17) is 32.7 Å². The summed E-state index contributed by atoms with van der Waals surface area (Å²) in [6.07, 6.45) is 0. The molecule has 3 aromatic rings. The van der Waals surface area contributed by atoms with Crippen molar-refractivity contribution < 1.29 is 23.9 Å². The molecule has 0 spiro atoms. The molecule has 3 aromatic carbocycles. The van der Waals surface area contributed by atoms with Crippen LogP contribution >= 0.6 is 23.2 Å². The number of benzene rings is 3. The van der Waals surface area contributed by atoms with Gasteiger partial charge in [-0.25, -0.2) is 4.90 Å². The molecule has 0 unspecified atom stereocenters. The number of ether oxygens (including phenoxy) is 2. The van der Waals surface area contributed by atoms with Crippen LogP contribution in [0.2, 0.25) is 5.02 Å². The van der Waals surface area contributed by atoms with E-state index in [9.17, 15) is 14.4 Å². The van der Waals surface area contributed by atoms with Gasteiger partial charge in [0.15, 0.2) is 0 Å². The molecule has 0 saturated heterocycles. The number of carbonyl (C=O) groups is 3. The molecule has 0 aromatic heterocycles. The van der Waals surface area contributed by atoms with Crippen LogP contribution < -0.4 is 25.0 Å². The lowest BCUT2D eigenvalue weighted by atomic mass is 10.1. The van der Waals surface area contributed by atoms with Crippen LogP contribution in [0.3, 0.4) is 0 Å². The Bertz CT molecular complexity index is 1400. The maximum Gasteiger partial charge on any atom is 0.283 e. The monoisotopic (exact) mass is 525 g/mol. The van der Waals surface area contributed by atoms with Gasteiger partial charge in [0.25, 0.3) is 17.7 Å². The molecule has 2 N–H and O–H groups in total. The van der Waals surface area contributed by atoms with Gasteiger partial charge < -0.3 is 20.1 Å². The van der Waals surface area contributed by atoms with Crippen molar-refractivity contribution in [3.8, 4) is 11.5 Å². The molecule has 4 rings (SSSR count). The Hall–Kier alpha value is -4.01. The molecule has 3 amide bonds. The first-order valence-corrected chi connectivity index (χ1v) is 11.4. The van der Waals surface area contributed by atoms with Gasteiger partial charge in [0.05, 0.1) is 19.9 Å². The summed E-state index contributed by atoms with van der Waals surface area (Å²) in [5.74, 6) is -0.875. The molecular weight excluding hydrogens is 505 g/mol. The number of hydrogen-bond donors (Lipinski definition) is 2. The van der Waals surface area contributed by atoms with Crippen molar-refractivity contribution in [1.29, 1.82) is 0 Å². The van der Waals surface area contributed by atoms with E-state index < -0.39 is 11.8 Å². The lowest BCUT2D eigenvalue weighted by Crippen LogP contribution is -2.32. The Balaban J connectivity index is 1.51. The molecule has 8 nitrogen and oxygen atoms in total. The van der Waals surface area contributed by atoms with Gasteiger partial charge in [-0.05, 0) is 67.1 Å². The molecule has 0 bridgehead atoms. The third-order valence-electron chi connectivity index (χ3n) is 5.51. The Kier molecular flexibility index (Phi) is 7.19. The van der Waals surface area contributed by atoms with E-state index >= 15 is 0 Å². The van der Waals surface area contributed by atoms with Crippen molar-refractivity contribution in [2.75, 3.05) is 29.8 Å². The molecule has 1 aliphatic heterocycles. The highest BCUT2D eigenvalue weighted by Gasteiger charge is 2.40. The topological polar surface area (TPSA) is 97.0 Å². The number of nitrogens with one attached hydrogen (secondary N) is 2. The van der Waals surface area contributed by atoms with Crippen LogP contribution in [0.5, 0.6) is 11.5 Å². The van der Waals surface area contributed by atoms with Crippen molar-refractivity contribution in [2.45, 2.75) is 6.92 Å². The van der Waals surface area contributed by atoms with Crippen LogP contribution in [0.15, 0.2) is 71.4 Å². The minimum absolute atomic E-state index is 0.0893. The van der Waals surface area contributed by atoms with Crippen molar-refractivity contribution >= 4 is 58.0 Å². The van der Waals surface area contributed by atoms with Gasteiger partial charge >= 0.3 is 0 Å². The van der Waals surface area contributed by atoms with Crippen LogP contribution in [0, 0.1) is 6.92 Å². The zero-order valence-corrected chi connectivity index (χ0v) is 21.0. The van der Waals surface area contributed by atoms with E-state index in [-0.39, 0.29) is 28.1 Å². The van der Waals surface area contributed by atoms with Crippen LogP contribution in [-0.4, -0.2) is 31.9 Å². The highest BCUT2D eigenvalue weighted by Crippen LogP contribution is 2.37. The summed E-state index contributed by atoms with van der Waals surface area (Å²) < 4.78 is 10.5. The maximum absolute atomic E-state index is 13.1. The van der Waals surface area contributed by atoms with E-state index in [0.717, 1.165) is 10.5 Å². The summed E-state index contributed by atoms with van der Waals surface area (Å²) >= 11 is 12.2. The zero-order valence-electron chi connectivity index (χ0n) is 19.5. The van der Waals surface area contributed by atoms with Gasteiger partial charge in [0, 0.05) is 28.0 Å². The fourth-order valence-corrected chi connectivity index (χ4v) is 4.05. The maximum atomic E-state index is 13.1. The average molecular weight is 526 g/mol. The molecule has 0 fully saturated rings. The number of amides is 3. The fraction of sp³-hybridized carbons (Fsp3) is 0.115. The number of imide groups is 1. The van der Waals surface area contributed by atoms with Gasteiger partial charge in [0.2, 0.25) is 0 Å². The Morgan fingerprint density at radius 2 is 1.61 bits per heavy atom. The number of halogens is 2. The zero-order chi connectivity index (χ0) is 26.0. The van der Waals surface area contributed by atoms with Gasteiger partial charge in [0.1, 0.15) is 22.2 Å². The summed E-state index contributed by atoms with van der Waals surface area (Å²) in [6, 6.07) is 16.3. The molecule has 1 heterocycles. The minimum atomic E-state index is -0.693. The second kappa shape index (κ2) is 10.3. The Morgan fingerprint density at radius 3 is 2.25 bits per heavy atom. The van der Waals surface area contributed by atoms with E-state index in [0.29, 0.717) is 27.7 Å². The molecule has 184 valence electrons. The Labute approximate surface area is 217 Å². The number of aryl methyl sites for hydroxylation is 1. The lowest BCUT2D eigenvalue weighted by molar-refractivity contribution is -0.120. The molecule has 0 saturated carbocycles. The number of rotatable bonds is 7. The van der Waals surface area contributed by atoms with Gasteiger partial charge in [-0.3, -0.25) is 14.4 Å². The Morgan fingerprint density at radius 1 is 0.889 bits per heavy atom. The molecule has 0 atom stereocenters. The molecule has 10 heteroatoms. The van der Waals surface area contributed by atoms with Crippen LogP contribution in [-0.2, 0) is 9.59 Å². The first-order valence-electron chi connectivity index (χ1n) is 10.7. The van der Waals surface area contributed by atoms with Crippen molar-refractivity contribution in [1.82, 2.24) is 0 Å². The standard InChI is InChI=1S/C26H21Cl2N3O5/c1-14-12-16(27)6-10-19(14)30-24(32)15-4-7-17(8-5-15)29-23-22(28)25(33)31(26(23)34)20-11-9-18(35-2)13-21(20)36-3/h4-13,29H,1-3H3,(H,30,32). The van der Waals surface area contributed by atoms with E-state index in [1.54, 1.807) is 54.6 Å². The van der Waals surface area contributed by atoms with Crippen molar-refractivity contribution in [3.63, 3.8) is 0 Å².